The minimum atomic E-state index is -0.645. The van der Waals surface area contributed by atoms with Crippen LogP contribution >= 0.6 is 0 Å². The minimum Gasteiger partial charge on any atom is -0.396 e. The highest BCUT2D eigenvalue weighted by Crippen LogP contribution is 2.21. The van der Waals surface area contributed by atoms with E-state index in [1.54, 1.807) is 7.11 Å². The number of ether oxygens (including phenoxy) is 1. The SMILES string of the molecule is CCCCCCCCCCC(CCCCCCC(O)OC)N(CCCCCO)C(=O)CCCN(C)C. The number of hydrogen-bond donors (Lipinski definition) is 2. The number of hydrogen-bond acceptors (Lipinski definition) is 5. The molecule has 0 spiro atoms. The molecule has 0 saturated carbocycles. The van der Waals surface area contributed by atoms with Crippen molar-refractivity contribution >= 4 is 5.91 Å². The minimum absolute atomic E-state index is 0.232. The molecule has 0 saturated heterocycles. The molecule has 0 aliphatic rings. The zero-order valence-corrected chi connectivity index (χ0v) is 24.5. The van der Waals surface area contributed by atoms with Crippen molar-refractivity contribution in [1.82, 2.24) is 9.80 Å². The summed E-state index contributed by atoms with van der Waals surface area (Å²) in [6, 6.07) is 0.329. The van der Waals surface area contributed by atoms with E-state index in [2.05, 4.69) is 30.8 Å². The number of unbranched alkanes of at least 4 members (excludes halogenated alkanes) is 12. The van der Waals surface area contributed by atoms with Crippen molar-refractivity contribution in [3.8, 4) is 0 Å². The molecule has 2 N–H and O–H groups in total. The molecule has 0 heterocycles. The molecule has 0 aliphatic carbocycles. The van der Waals surface area contributed by atoms with Crippen LogP contribution in [0.3, 0.4) is 0 Å². The van der Waals surface area contributed by atoms with Crippen LogP contribution < -0.4 is 0 Å². The Labute approximate surface area is 224 Å². The van der Waals surface area contributed by atoms with Crippen molar-refractivity contribution in [2.24, 2.45) is 0 Å². The average Bonchev–Trinajstić information content (AvgIpc) is 2.86. The van der Waals surface area contributed by atoms with Gasteiger partial charge in [0.05, 0.1) is 0 Å². The normalized spacial score (nSPS) is 13.3. The molecule has 0 rings (SSSR count). The number of aliphatic hydroxyl groups is 2. The molecule has 0 fully saturated rings. The Morgan fingerprint density at radius 3 is 1.78 bits per heavy atom. The van der Waals surface area contributed by atoms with E-state index >= 15 is 0 Å². The van der Waals surface area contributed by atoms with Crippen LogP contribution in [0.15, 0.2) is 0 Å². The second-order valence-electron chi connectivity index (χ2n) is 10.9. The van der Waals surface area contributed by atoms with Crippen LogP contribution in [0.4, 0.5) is 0 Å². The first kappa shape index (κ1) is 35.3. The highest BCUT2D eigenvalue weighted by molar-refractivity contribution is 5.76. The van der Waals surface area contributed by atoms with E-state index in [9.17, 15) is 15.0 Å². The summed E-state index contributed by atoms with van der Waals surface area (Å²) in [6.07, 6.45) is 21.4. The zero-order valence-electron chi connectivity index (χ0n) is 24.5. The maximum atomic E-state index is 13.3. The van der Waals surface area contributed by atoms with E-state index in [1.807, 2.05) is 0 Å². The number of rotatable bonds is 27. The summed E-state index contributed by atoms with van der Waals surface area (Å²) in [5.41, 5.74) is 0. The van der Waals surface area contributed by atoms with Crippen LogP contribution in [0, 0.1) is 0 Å². The third kappa shape index (κ3) is 21.4. The van der Waals surface area contributed by atoms with Gasteiger partial charge in [0.25, 0.3) is 0 Å². The smallest absolute Gasteiger partial charge is 0.222 e. The molecule has 216 valence electrons. The molecule has 0 aromatic heterocycles. The van der Waals surface area contributed by atoms with Crippen LogP contribution in [0.2, 0.25) is 0 Å². The van der Waals surface area contributed by atoms with Crippen molar-refractivity contribution in [1.29, 1.82) is 0 Å². The number of nitrogens with zero attached hydrogens (tertiary/aromatic N) is 2. The third-order valence-electron chi connectivity index (χ3n) is 7.22. The Morgan fingerprint density at radius 2 is 1.25 bits per heavy atom. The monoisotopic (exact) mass is 514 g/mol. The van der Waals surface area contributed by atoms with Gasteiger partial charge in [0.15, 0.2) is 6.29 Å². The van der Waals surface area contributed by atoms with E-state index in [4.69, 9.17) is 4.74 Å². The summed E-state index contributed by atoms with van der Waals surface area (Å²) in [4.78, 5) is 17.7. The lowest BCUT2D eigenvalue weighted by Crippen LogP contribution is -2.41. The van der Waals surface area contributed by atoms with Crippen molar-refractivity contribution in [2.75, 3.05) is 40.9 Å². The van der Waals surface area contributed by atoms with Gasteiger partial charge in [-0.25, -0.2) is 0 Å². The van der Waals surface area contributed by atoms with Crippen LogP contribution in [0.25, 0.3) is 0 Å². The summed E-state index contributed by atoms with van der Waals surface area (Å²) in [7, 11) is 5.67. The maximum Gasteiger partial charge on any atom is 0.222 e. The lowest BCUT2D eigenvalue weighted by atomic mass is 9.97. The quantitative estimate of drug-likeness (QED) is 0.0964. The molecule has 36 heavy (non-hydrogen) atoms. The van der Waals surface area contributed by atoms with Crippen LogP contribution in [-0.2, 0) is 9.53 Å². The summed E-state index contributed by atoms with van der Waals surface area (Å²) < 4.78 is 4.94. The van der Waals surface area contributed by atoms with Crippen LogP contribution in [-0.4, -0.2) is 79.2 Å². The zero-order chi connectivity index (χ0) is 26.9. The largest absolute Gasteiger partial charge is 0.396 e. The van der Waals surface area contributed by atoms with Gasteiger partial charge in [0, 0.05) is 32.7 Å². The van der Waals surface area contributed by atoms with E-state index in [-0.39, 0.29) is 6.61 Å². The molecule has 6 nitrogen and oxygen atoms in total. The number of amides is 1. The molecular formula is C30H62N2O4. The first-order valence-electron chi connectivity index (χ1n) is 15.2. The second kappa shape index (κ2) is 25.9. The molecule has 2 atom stereocenters. The summed E-state index contributed by atoms with van der Waals surface area (Å²) in [5.74, 6) is 0.314. The number of methoxy groups -OCH3 is 1. The van der Waals surface area contributed by atoms with E-state index in [0.29, 0.717) is 24.8 Å². The standard InChI is InChI=1S/C30H62N2O4/c1-5-6-7-8-9-10-11-15-21-28(22-16-12-13-17-24-30(35)36-4)32(26-18-14-19-27-33)29(34)23-20-25-31(2)3/h28,30,33,35H,5-27H2,1-4H3. The number of aliphatic hydroxyl groups excluding tert-OH is 2. The van der Waals surface area contributed by atoms with Gasteiger partial charge in [-0.05, 0) is 72.0 Å². The van der Waals surface area contributed by atoms with Crippen molar-refractivity contribution in [3.63, 3.8) is 0 Å². The Bertz CT molecular complexity index is 476. The molecule has 0 aliphatic heterocycles. The highest BCUT2D eigenvalue weighted by Gasteiger charge is 2.22. The predicted octanol–water partition coefficient (Wildman–Crippen LogP) is 6.52. The van der Waals surface area contributed by atoms with Gasteiger partial charge in [-0.2, -0.15) is 0 Å². The van der Waals surface area contributed by atoms with Gasteiger partial charge >= 0.3 is 0 Å². The molecule has 6 heteroatoms. The van der Waals surface area contributed by atoms with Gasteiger partial charge in [0.1, 0.15) is 0 Å². The summed E-state index contributed by atoms with van der Waals surface area (Å²) in [5, 5.41) is 18.8. The predicted molar refractivity (Wildman–Crippen MR) is 152 cm³/mol. The molecule has 2 unspecified atom stereocenters. The van der Waals surface area contributed by atoms with Gasteiger partial charge in [-0.1, -0.05) is 77.6 Å². The summed E-state index contributed by atoms with van der Waals surface area (Å²) >= 11 is 0. The first-order chi connectivity index (χ1) is 17.5. The Kier molecular flexibility index (Phi) is 25.4. The topological polar surface area (TPSA) is 73.2 Å². The van der Waals surface area contributed by atoms with Crippen molar-refractivity contribution in [3.05, 3.63) is 0 Å². The van der Waals surface area contributed by atoms with E-state index in [1.165, 1.54) is 51.4 Å². The van der Waals surface area contributed by atoms with Crippen molar-refractivity contribution < 1.29 is 19.7 Å². The summed E-state index contributed by atoms with van der Waals surface area (Å²) in [6.45, 7) is 4.26. The van der Waals surface area contributed by atoms with Gasteiger partial charge in [-0.3, -0.25) is 4.79 Å². The van der Waals surface area contributed by atoms with E-state index in [0.717, 1.165) is 77.3 Å². The lowest BCUT2D eigenvalue weighted by Gasteiger charge is -2.33. The molecule has 0 radical (unpaired) electrons. The third-order valence-corrected chi connectivity index (χ3v) is 7.22. The molecule has 1 amide bonds. The molecular weight excluding hydrogens is 452 g/mol. The molecule has 0 aromatic carbocycles. The second-order valence-corrected chi connectivity index (χ2v) is 10.9. The average molecular weight is 515 g/mol. The van der Waals surface area contributed by atoms with Crippen LogP contribution in [0.1, 0.15) is 135 Å². The maximum absolute atomic E-state index is 13.3. The van der Waals surface area contributed by atoms with Gasteiger partial charge in [-0.15, -0.1) is 0 Å². The Balaban J connectivity index is 4.86. The lowest BCUT2D eigenvalue weighted by molar-refractivity contribution is -0.134. The van der Waals surface area contributed by atoms with Gasteiger partial charge in [0.2, 0.25) is 5.91 Å². The fourth-order valence-electron chi connectivity index (χ4n) is 4.91. The number of carbonyl (C=O) groups excluding carboxylic acids is 1. The van der Waals surface area contributed by atoms with Gasteiger partial charge < -0.3 is 24.7 Å². The Hall–Kier alpha value is -0.690. The number of carbonyl (C=O) groups is 1. The fourth-order valence-corrected chi connectivity index (χ4v) is 4.91. The highest BCUT2D eigenvalue weighted by atomic mass is 16.6. The molecule has 0 bridgehead atoms. The van der Waals surface area contributed by atoms with E-state index < -0.39 is 6.29 Å². The fraction of sp³-hybridized carbons (Fsp3) is 0.967. The van der Waals surface area contributed by atoms with Crippen molar-refractivity contribution in [2.45, 2.75) is 148 Å². The van der Waals surface area contributed by atoms with Crippen LogP contribution in [0.5, 0.6) is 0 Å². The molecule has 0 aromatic rings. The Morgan fingerprint density at radius 1 is 0.722 bits per heavy atom. The first-order valence-corrected chi connectivity index (χ1v) is 15.2.